The van der Waals surface area contributed by atoms with Crippen LogP contribution in [0.25, 0.3) is 0 Å². The molecule has 0 aliphatic carbocycles. The Morgan fingerprint density at radius 3 is 1.72 bits per heavy atom. The van der Waals surface area contributed by atoms with Crippen molar-refractivity contribution in [3.63, 3.8) is 0 Å². The predicted molar refractivity (Wildman–Crippen MR) is 49.1 cm³/mol. The quantitative estimate of drug-likeness (QED) is 0.195. The topological polar surface area (TPSA) is 185 Å². The molecule has 1 aliphatic rings. The lowest BCUT2D eigenvalue weighted by Gasteiger charge is -2.42. The van der Waals surface area contributed by atoms with Crippen LogP contribution in [0.1, 0.15) is 0 Å². The van der Waals surface area contributed by atoms with Crippen LogP contribution in [0.15, 0.2) is 0 Å². The number of carbonyl (C=O) groups is 2. The minimum Gasteiger partial charge on any atom is -0.479 e. The molecule has 0 unspecified atom stereocenters. The van der Waals surface area contributed by atoms with Gasteiger partial charge in [-0.2, -0.15) is 0 Å². The molecule has 0 bridgehead atoms. The van der Waals surface area contributed by atoms with Gasteiger partial charge in [0.25, 0.3) is 5.60 Å². The standard InChI is InChI=1S/C8H12O10/c9-1-2(10)4(18-5(12)3(1)11)8(17,6(13)14)7(15)16/h1-5,9-12,17H,(H,13,14)(H,15,16)/t1-,2-,3+,4-,5+/m0/s1/i5+1. The fourth-order valence-electron chi connectivity index (χ4n) is 1.54. The average molecular weight is 269 g/mol. The first-order chi connectivity index (χ1) is 8.13. The van der Waals surface area contributed by atoms with Crippen LogP contribution in [0, 0.1) is 0 Å². The third-order valence-corrected chi connectivity index (χ3v) is 2.65. The number of aliphatic hydroxyl groups is 5. The Hall–Kier alpha value is -1.30. The Bertz CT molecular complexity index is 340. The van der Waals surface area contributed by atoms with Crippen molar-refractivity contribution in [2.45, 2.75) is 36.3 Å². The minimum atomic E-state index is -3.58. The van der Waals surface area contributed by atoms with Crippen LogP contribution in [-0.4, -0.2) is 84.0 Å². The Morgan fingerprint density at radius 1 is 0.889 bits per heavy atom. The highest BCUT2D eigenvalue weighted by atomic mass is 16.7. The maximum atomic E-state index is 10.8. The third-order valence-electron chi connectivity index (χ3n) is 2.65. The van der Waals surface area contributed by atoms with Gasteiger partial charge in [-0.1, -0.05) is 0 Å². The molecule has 7 N–H and O–H groups in total. The number of hydrogen-bond acceptors (Lipinski definition) is 8. The predicted octanol–water partition coefficient (Wildman–Crippen LogP) is -4.31. The zero-order chi connectivity index (χ0) is 14.2. The van der Waals surface area contributed by atoms with E-state index < -0.39 is 48.2 Å². The number of rotatable bonds is 3. The van der Waals surface area contributed by atoms with Gasteiger partial charge in [-0.25, -0.2) is 9.59 Å². The molecule has 1 heterocycles. The zero-order valence-corrected chi connectivity index (χ0v) is 8.74. The van der Waals surface area contributed by atoms with Gasteiger partial charge in [-0.15, -0.1) is 0 Å². The molecular weight excluding hydrogens is 257 g/mol. The summed E-state index contributed by atoms with van der Waals surface area (Å²) >= 11 is 0. The summed E-state index contributed by atoms with van der Waals surface area (Å²) in [7, 11) is 0. The van der Waals surface area contributed by atoms with E-state index in [4.69, 9.17) is 20.4 Å². The van der Waals surface area contributed by atoms with E-state index in [-0.39, 0.29) is 0 Å². The fraction of sp³-hybridized carbons (Fsp3) is 0.750. The molecule has 18 heavy (non-hydrogen) atoms. The number of aliphatic hydroxyl groups excluding tert-OH is 4. The van der Waals surface area contributed by atoms with Crippen molar-refractivity contribution < 1.29 is 50.1 Å². The highest BCUT2D eigenvalue weighted by Gasteiger charge is 2.60. The van der Waals surface area contributed by atoms with E-state index in [1.807, 2.05) is 0 Å². The smallest absolute Gasteiger partial charge is 0.350 e. The molecule has 104 valence electrons. The maximum Gasteiger partial charge on any atom is 0.350 e. The summed E-state index contributed by atoms with van der Waals surface area (Å²) in [5, 5.41) is 63.8. The van der Waals surface area contributed by atoms with Crippen LogP contribution in [0.4, 0.5) is 0 Å². The van der Waals surface area contributed by atoms with Crippen LogP contribution in [0.5, 0.6) is 0 Å². The van der Waals surface area contributed by atoms with Crippen molar-refractivity contribution in [1.29, 1.82) is 0 Å². The van der Waals surface area contributed by atoms with Gasteiger partial charge in [0.05, 0.1) is 0 Å². The molecule has 1 rings (SSSR count). The van der Waals surface area contributed by atoms with E-state index in [0.29, 0.717) is 0 Å². The molecule has 10 nitrogen and oxygen atoms in total. The number of aliphatic carboxylic acids is 2. The van der Waals surface area contributed by atoms with Crippen molar-refractivity contribution in [3.05, 3.63) is 0 Å². The number of ether oxygens (including phenoxy) is 1. The van der Waals surface area contributed by atoms with Gasteiger partial charge >= 0.3 is 11.9 Å². The summed E-state index contributed by atoms with van der Waals surface area (Å²) < 4.78 is 4.35. The van der Waals surface area contributed by atoms with Gasteiger partial charge in [0, 0.05) is 0 Å². The summed E-state index contributed by atoms with van der Waals surface area (Å²) in [4.78, 5) is 21.5. The van der Waals surface area contributed by atoms with E-state index in [9.17, 15) is 24.9 Å². The van der Waals surface area contributed by atoms with Gasteiger partial charge in [0.1, 0.15) is 24.4 Å². The lowest BCUT2D eigenvalue weighted by atomic mass is 9.88. The Morgan fingerprint density at radius 2 is 1.33 bits per heavy atom. The Labute approximate surface area is 99.3 Å². The lowest BCUT2D eigenvalue weighted by Crippen LogP contribution is -2.69. The molecule has 0 aromatic carbocycles. The summed E-state index contributed by atoms with van der Waals surface area (Å²) in [6.07, 6.45) is -10.8. The van der Waals surface area contributed by atoms with Gasteiger partial charge in [-0.05, 0) is 0 Å². The van der Waals surface area contributed by atoms with Crippen molar-refractivity contribution in [2.75, 3.05) is 0 Å². The van der Waals surface area contributed by atoms with Gasteiger partial charge < -0.3 is 40.5 Å². The monoisotopic (exact) mass is 269 g/mol. The lowest BCUT2D eigenvalue weighted by molar-refractivity contribution is -0.308. The first kappa shape index (κ1) is 14.8. The van der Waals surface area contributed by atoms with E-state index in [1.54, 1.807) is 0 Å². The number of hydrogen-bond donors (Lipinski definition) is 7. The normalized spacial score (nSPS) is 37.3. The fourth-order valence-corrected chi connectivity index (χ4v) is 1.54. The van der Waals surface area contributed by atoms with Crippen LogP contribution in [0.3, 0.4) is 0 Å². The Kier molecular flexibility index (Phi) is 3.90. The molecular formula is C8H12O10. The molecule has 1 aliphatic heterocycles. The molecule has 10 heteroatoms. The van der Waals surface area contributed by atoms with E-state index in [1.165, 1.54) is 0 Å². The average Bonchev–Trinajstić information content (AvgIpc) is 2.29. The second kappa shape index (κ2) is 4.76. The van der Waals surface area contributed by atoms with Crippen molar-refractivity contribution in [2.24, 2.45) is 0 Å². The minimum absolute atomic E-state index is 1.97. The highest BCUT2D eigenvalue weighted by molar-refractivity contribution is 6.02. The summed E-state index contributed by atoms with van der Waals surface area (Å²) in [5.41, 5.74) is -3.58. The number of carboxylic acids is 2. The van der Waals surface area contributed by atoms with Crippen molar-refractivity contribution in [3.8, 4) is 0 Å². The molecule has 1 fully saturated rings. The van der Waals surface area contributed by atoms with Crippen molar-refractivity contribution in [1.82, 2.24) is 0 Å². The second-order valence-electron chi connectivity index (χ2n) is 3.80. The molecule has 5 atom stereocenters. The van der Waals surface area contributed by atoms with Crippen LogP contribution >= 0.6 is 0 Å². The van der Waals surface area contributed by atoms with Crippen LogP contribution in [-0.2, 0) is 14.3 Å². The molecule has 0 aromatic rings. The van der Waals surface area contributed by atoms with Gasteiger partial charge in [-0.3, -0.25) is 0 Å². The van der Waals surface area contributed by atoms with Crippen LogP contribution < -0.4 is 0 Å². The van der Waals surface area contributed by atoms with Crippen molar-refractivity contribution >= 4 is 11.9 Å². The first-order valence-corrected chi connectivity index (χ1v) is 4.71. The summed E-state index contributed by atoms with van der Waals surface area (Å²) in [6, 6.07) is 0. The molecule has 0 radical (unpaired) electrons. The van der Waals surface area contributed by atoms with Gasteiger partial charge in [0.15, 0.2) is 6.29 Å². The zero-order valence-electron chi connectivity index (χ0n) is 8.74. The van der Waals surface area contributed by atoms with Gasteiger partial charge in [0.2, 0.25) is 0 Å². The molecule has 0 amide bonds. The highest BCUT2D eigenvalue weighted by Crippen LogP contribution is 2.28. The molecule has 0 saturated carbocycles. The maximum absolute atomic E-state index is 10.8. The number of carboxylic acid groups (broad SMARTS) is 2. The molecule has 1 saturated heterocycles. The van der Waals surface area contributed by atoms with Crippen LogP contribution in [0.2, 0.25) is 0 Å². The summed E-state index contributed by atoms with van der Waals surface area (Å²) in [6.45, 7) is 0. The third kappa shape index (κ3) is 2.05. The molecule has 0 aromatic heterocycles. The second-order valence-corrected chi connectivity index (χ2v) is 3.80. The SMILES string of the molecule is O=C(O)C(O)(C(=O)O)[C@H]1O[13C@@H](O)[C@H](O)[C@@H](O)[C@@H]1O. The van der Waals surface area contributed by atoms with E-state index >= 15 is 0 Å². The summed E-state index contributed by atoms with van der Waals surface area (Å²) in [5.74, 6) is -4.51. The molecule has 0 spiro atoms. The largest absolute Gasteiger partial charge is 0.479 e. The van der Waals surface area contributed by atoms with E-state index in [0.717, 1.165) is 0 Å². The Balaban J connectivity index is 3.14. The first-order valence-electron chi connectivity index (χ1n) is 4.71. The van der Waals surface area contributed by atoms with E-state index in [2.05, 4.69) is 4.74 Å².